The van der Waals surface area contributed by atoms with E-state index in [1.54, 1.807) is 11.8 Å². The second-order valence-corrected chi connectivity index (χ2v) is 5.20. The third-order valence-electron chi connectivity index (χ3n) is 3.14. The van der Waals surface area contributed by atoms with Crippen molar-refractivity contribution in [2.45, 2.75) is 32.9 Å². The van der Waals surface area contributed by atoms with Gasteiger partial charge in [-0.3, -0.25) is 0 Å². The summed E-state index contributed by atoms with van der Waals surface area (Å²) in [7, 11) is 1.68. The fourth-order valence-corrected chi connectivity index (χ4v) is 1.76. The van der Waals surface area contributed by atoms with Crippen LogP contribution in [-0.4, -0.2) is 32.9 Å². The van der Waals surface area contributed by atoms with Crippen molar-refractivity contribution in [1.29, 1.82) is 0 Å². The predicted molar refractivity (Wildman–Crippen MR) is 73.5 cm³/mol. The number of anilines is 1. The van der Waals surface area contributed by atoms with Crippen LogP contribution < -0.4 is 5.73 Å². The topological polar surface area (TPSA) is 78.8 Å². The number of rotatable bonds is 4. The number of aryl methyl sites for hydroxylation is 1. The Kier molecular flexibility index (Phi) is 3.53. The Morgan fingerprint density at radius 3 is 2.74 bits per heavy atom. The smallest absolute Gasteiger partial charge is 0.182 e. The van der Waals surface area contributed by atoms with Gasteiger partial charge in [-0.05, 0) is 55.0 Å². The van der Waals surface area contributed by atoms with E-state index in [1.807, 2.05) is 39.0 Å². The number of nitrogen functional groups attached to an aromatic ring is 1. The first kappa shape index (κ1) is 13.5. The summed E-state index contributed by atoms with van der Waals surface area (Å²) in [6.07, 6.45) is 0. The van der Waals surface area contributed by atoms with Crippen LogP contribution in [0.2, 0.25) is 0 Å². The first-order chi connectivity index (χ1) is 8.93. The summed E-state index contributed by atoms with van der Waals surface area (Å²) >= 11 is 0. The molecule has 19 heavy (non-hydrogen) atoms. The molecule has 1 aromatic heterocycles. The largest absolute Gasteiger partial charge is 0.399 e. The molecule has 0 saturated carbocycles. The molecule has 0 aliphatic carbocycles. The number of ether oxygens (including phenoxy) is 1. The Morgan fingerprint density at radius 1 is 1.37 bits per heavy atom. The number of nitrogens with zero attached hydrogens (tertiary/aromatic N) is 4. The minimum atomic E-state index is -0.326. The van der Waals surface area contributed by atoms with Crippen LogP contribution >= 0.6 is 0 Å². The number of hydrogen-bond acceptors (Lipinski definition) is 5. The van der Waals surface area contributed by atoms with Gasteiger partial charge in [-0.1, -0.05) is 0 Å². The van der Waals surface area contributed by atoms with Gasteiger partial charge >= 0.3 is 0 Å². The summed E-state index contributed by atoms with van der Waals surface area (Å²) in [6.45, 7) is 6.53. The van der Waals surface area contributed by atoms with Crippen molar-refractivity contribution in [2.75, 3.05) is 12.8 Å². The number of aromatic nitrogens is 4. The molecule has 2 rings (SSSR count). The summed E-state index contributed by atoms with van der Waals surface area (Å²) in [5.74, 6) is 0.716. The first-order valence-corrected chi connectivity index (χ1v) is 6.11. The Labute approximate surface area is 112 Å². The molecule has 2 aromatic rings. The standard InChI is InChI=1S/C13H19N5O/c1-9-7-10(5-6-11(9)14)12-15-16-17-18(12)8-13(2,3)19-4/h5-7H,8,14H2,1-4H3. The second-order valence-electron chi connectivity index (χ2n) is 5.20. The lowest BCUT2D eigenvalue weighted by molar-refractivity contribution is 0.00538. The molecule has 0 unspecified atom stereocenters. The Hall–Kier alpha value is -1.95. The van der Waals surface area contributed by atoms with Crippen molar-refractivity contribution < 1.29 is 4.74 Å². The van der Waals surface area contributed by atoms with Crippen LogP contribution in [0.4, 0.5) is 5.69 Å². The maximum Gasteiger partial charge on any atom is 0.182 e. The molecule has 0 aliphatic rings. The quantitative estimate of drug-likeness (QED) is 0.847. The Balaban J connectivity index is 2.36. The van der Waals surface area contributed by atoms with E-state index in [4.69, 9.17) is 10.5 Å². The number of tetrazole rings is 1. The maximum absolute atomic E-state index is 5.82. The predicted octanol–water partition coefficient (Wildman–Crippen LogP) is 1.66. The van der Waals surface area contributed by atoms with E-state index in [9.17, 15) is 0 Å². The van der Waals surface area contributed by atoms with Crippen molar-refractivity contribution in [3.8, 4) is 11.4 Å². The second kappa shape index (κ2) is 4.97. The van der Waals surface area contributed by atoms with Gasteiger partial charge in [0.05, 0.1) is 12.1 Å². The van der Waals surface area contributed by atoms with Crippen LogP contribution in [0, 0.1) is 6.92 Å². The first-order valence-electron chi connectivity index (χ1n) is 6.11. The molecule has 1 heterocycles. The molecule has 0 bridgehead atoms. The molecule has 0 aliphatic heterocycles. The lowest BCUT2D eigenvalue weighted by atomic mass is 10.1. The molecule has 0 fully saturated rings. The van der Waals surface area contributed by atoms with E-state index in [2.05, 4.69) is 15.5 Å². The van der Waals surface area contributed by atoms with Crippen molar-refractivity contribution in [2.24, 2.45) is 0 Å². The van der Waals surface area contributed by atoms with Crippen LogP contribution in [0.15, 0.2) is 18.2 Å². The van der Waals surface area contributed by atoms with Gasteiger partial charge in [-0.2, -0.15) is 0 Å². The van der Waals surface area contributed by atoms with Crippen LogP contribution in [0.25, 0.3) is 11.4 Å². The number of benzene rings is 1. The van der Waals surface area contributed by atoms with E-state index in [0.29, 0.717) is 12.4 Å². The monoisotopic (exact) mass is 261 g/mol. The molecule has 6 heteroatoms. The van der Waals surface area contributed by atoms with Gasteiger partial charge in [-0.15, -0.1) is 5.10 Å². The molecule has 0 spiro atoms. The van der Waals surface area contributed by atoms with Crippen LogP contribution in [-0.2, 0) is 11.3 Å². The Bertz CT molecular complexity index is 576. The lowest BCUT2D eigenvalue weighted by Crippen LogP contribution is -2.30. The zero-order valence-corrected chi connectivity index (χ0v) is 11.7. The molecule has 6 nitrogen and oxygen atoms in total. The summed E-state index contributed by atoms with van der Waals surface area (Å²) < 4.78 is 7.15. The molecular formula is C13H19N5O. The molecule has 102 valence electrons. The number of methoxy groups -OCH3 is 1. The molecule has 0 amide bonds. The molecule has 0 radical (unpaired) electrons. The number of nitrogens with two attached hydrogens (primary N) is 1. The van der Waals surface area contributed by atoms with Gasteiger partial charge < -0.3 is 10.5 Å². The molecule has 0 saturated heterocycles. The zero-order valence-electron chi connectivity index (χ0n) is 11.7. The SMILES string of the molecule is COC(C)(C)Cn1nnnc1-c1ccc(N)c(C)c1. The van der Waals surface area contributed by atoms with Gasteiger partial charge in [0.1, 0.15) is 0 Å². The van der Waals surface area contributed by atoms with Crippen molar-refractivity contribution in [1.82, 2.24) is 20.2 Å². The van der Waals surface area contributed by atoms with Crippen molar-refractivity contribution in [3.63, 3.8) is 0 Å². The third-order valence-corrected chi connectivity index (χ3v) is 3.14. The third kappa shape index (κ3) is 2.90. The summed E-state index contributed by atoms with van der Waals surface area (Å²) in [5.41, 5.74) is 8.22. The number of hydrogen-bond donors (Lipinski definition) is 1. The highest BCUT2D eigenvalue weighted by atomic mass is 16.5. The average Bonchev–Trinajstić information content (AvgIpc) is 2.80. The van der Waals surface area contributed by atoms with Gasteiger partial charge in [0.2, 0.25) is 0 Å². The van der Waals surface area contributed by atoms with E-state index < -0.39 is 0 Å². The van der Waals surface area contributed by atoms with Gasteiger partial charge in [-0.25, -0.2) is 4.68 Å². The lowest BCUT2D eigenvalue weighted by Gasteiger charge is -2.22. The summed E-state index contributed by atoms with van der Waals surface area (Å²) in [6, 6.07) is 5.77. The van der Waals surface area contributed by atoms with Crippen molar-refractivity contribution >= 4 is 5.69 Å². The van der Waals surface area contributed by atoms with Crippen LogP contribution in [0.5, 0.6) is 0 Å². The average molecular weight is 261 g/mol. The van der Waals surface area contributed by atoms with Crippen LogP contribution in [0.1, 0.15) is 19.4 Å². The minimum Gasteiger partial charge on any atom is -0.399 e. The van der Waals surface area contributed by atoms with Gasteiger partial charge in [0.25, 0.3) is 0 Å². The highest BCUT2D eigenvalue weighted by Crippen LogP contribution is 2.22. The maximum atomic E-state index is 5.82. The molecule has 1 aromatic carbocycles. The van der Waals surface area contributed by atoms with E-state index in [-0.39, 0.29) is 5.60 Å². The van der Waals surface area contributed by atoms with Crippen molar-refractivity contribution in [3.05, 3.63) is 23.8 Å². The minimum absolute atomic E-state index is 0.326. The highest BCUT2D eigenvalue weighted by Gasteiger charge is 2.21. The highest BCUT2D eigenvalue weighted by molar-refractivity contribution is 5.61. The molecular weight excluding hydrogens is 242 g/mol. The van der Waals surface area contributed by atoms with E-state index >= 15 is 0 Å². The van der Waals surface area contributed by atoms with Crippen LogP contribution in [0.3, 0.4) is 0 Å². The summed E-state index contributed by atoms with van der Waals surface area (Å²) in [4.78, 5) is 0. The van der Waals surface area contributed by atoms with E-state index in [0.717, 1.165) is 16.8 Å². The fraction of sp³-hybridized carbons (Fsp3) is 0.462. The summed E-state index contributed by atoms with van der Waals surface area (Å²) in [5, 5.41) is 11.8. The van der Waals surface area contributed by atoms with Gasteiger partial charge in [0.15, 0.2) is 5.82 Å². The molecule has 0 atom stereocenters. The normalized spacial score (nSPS) is 11.8. The molecule has 2 N–H and O–H groups in total. The van der Waals surface area contributed by atoms with Gasteiger partial charge in [0, 0.05) is 18.4 Å². The fourth-order valence-electron chi connectivity index (χ4n) is 1.76. The Morgan fingerprint density at radius 2 is 2.11 bits per heavy atom. The van der Waals surface area contributed by atoms with E-state index in [1.165, 1.54) is 0 Å². The zero-order chi connectivity index (χ0) is 14.0.